The number of aliphatic hydroxyl groups excluding tert-OH is 1. The Labute approximate surface area is 108 Å². The van der Waals surface area contributed by atoms with Crippen LogP contribution in [0.15, 0.2) is 6.07 Å². The summed E-state index contributed by atoms with van der Waals surface area (Å²) in [4.78, 5) is 11.6. The summed E-state index contributed by atoms with van der Waals surface area (Å²) in [6.45, 7) is 5.49. The molecule has 0 fully saturated rings. The molecule has 0 saturated carbocycles. The number of aryl methyl sites for hydroxylation is 3. The highest BCUT2D eigenvalue weighted by Gasteiger charge is 2.04. The molecule has 0 spiro atoms. The zero-order valence-corrected chi connectivity index (χ0v) is 11.3. The van der Waals surface area contributed by atoms with Crippen molar-refractivity contribution in [1.29, 1.82) is 0 Å². The number of rotatable bonds is 8. The lowest BCUT2D eigenvalue weighted by Gasteiger charge is -2.06. The Hall–Kier alpha value is -1.36. The number of carbonyl (C=O) groups excluding carboxylic acids is 1. The van der Waals surface area contributed by atoms with E-state index in [0.717, 1.165) is 30.7 Å². The minimum atomic E-state index is 0.0616. The summed E-state index contributed by atoms with van der Waals surface area (Å²) < 4.78 is 1.86. The van der Waals surface area contributed by atoms with E-state index in [1.807, 2.05) is 24.6 Å². The summed E-state index contributed by atoms with van der Waals surface area (Å²) in [5.41, 5.74) is 2.07. The second-order valence-electron chi connectivity index (χ2n) is 4.53. The molecular weight excluding hydrogens is 230 g/mol. The van der Waals surface area contributed by atoms with Crippen LogP contribution >= 0.6 is 0 Å². The van der Waals surface area contributed by atoms with Crippen molar-refractivity contribution in [3.63, 3.8) is 0 Å². The maximum Gasteiger partial charge on any atom is 0.221 e. The van der Waals surface area contributed by atoms with Gasteiger partial charge in [-0.3, -0.25) is 9.48 Å². The van der Waals surface area contributed by atoms with Crippen molar-refractivity contribution in [1.82, 2.24) is 15.1 Å². The third kappa shape index (κ3) is 5.31. The van der Waals surface area contributed by atoms with Gasteiger partial charge in [0.25, 0.3) is 0 Å². The van der Waals surface area contributed by atoms with Crippen LogP contribution in [0.5, 0.6) is 0 Å². The fourth-order valence-corrected chi connectivity index (χ4v) is 1.84. The predicted octanol–water partition coefficient (Wildman–Crippen LogP) is 1.17. The smallest absolute Gasteiger partial charge is 0.221 e. The molecule has 0 aliphatic rings. The number of hydrogen-bond acceptors (Lipinski definition) is 3. The molecule has 0 unspecified atom stereocenters. The van der Waals surface area contributed by atoms with Crippen LogP contribution in [0.25, 0.3) is 0 Å². The summed E-state index contributed by atoms with van der Waals surface area (Å²) >= 11 is 0. The summed E-state index contributed by atoms with van der Waals surface area (Å²) in [6.07, 6.45) is 3.14. The van der Waals surface area contributed by atoms with Crippen LogP contribution in [0.4, 0.5) is 0 Å². The molecule has 0 aromatic carbocycles. The van der Waals surface area contributed by atoms with Crippen molar-refractivity contribution >= 4 is 5.91 Å². The van der Waals surface area contributed by atoms with Gasteiger partial charge in [0.1, 0.15) is 0 Å². The molecule has 0 radical (unpaired) electrons. The highest BCUT2D eigenvalue weighted by Crippen LogP contribution is 2.02. The molecule has 5 heteroatoms. The molecular formula is C13H23N3O2. The highest BCUT2D eigenvalue weighted by molar-refractivity contribution is 5.75. The number of nitrogens with one attached hydrogen (secondary N) is 1. The van der Waals surface area contributed by atoms with Gasteiger partial charge in [-0.2, -0.15) is 5.10 Å². The first kappa shape index (κ1) is 14.7. The van der Waals surface area contributed by atoms with E-state index < -0.39 is 0 Å². The number of aliphatic hydroxyl groups is 1. The van der Waals surface area contributed by atoms with Crippen molar-refractivity contribution in [2.75, 3.05) is 13.2 Å². The average Bonchev–Trinajstić information content (AvgIpc) is 2.65. The minimum Gasteiger partial charge on any atom is -0.396 e. The first-order valence-electron chi connectivity index (χ1n) is 6.52. The third-order valence-corrected chi connectivity index (χ3v) is 2.81. The first-order valence-corrected chi connectivity index (χ1v) is 6.52. The van der Waals surface area contributed by atoms with Gasteiger partial charge in [0.05, 0.1) is 5.69 Å². The van der Waals surface area contributed by atoms with E-state index in [1.54, 1.807) is 0 Å². The van der Waals surface area contributed by atoms with Crippen LogP contribution < -0.4 is 5.32 Å². The molecule has 1 aromatic heterocycles. The van der Waals surface area contributed by atoms with E-state index in [1.165, 1.54) is 0 Å². The van der Waals surface area contributed by atoms with Crippen LogP contribution in [-0.2, 0) is 11.3 Å². The van der Waals surface area contributed by atoms with Gasteiger partial charge in [0.2, 0.25) is 5.91 Å². The molecule has 2 N–H and O–H groups in total. The van der Waals surface area contributed by atoms with Crippen LogP contribution in [0, 0.1) is 13.8 Å². The SMILES string of the molecule is Cc1cc(C)n(CCC(=O)NCCCCCO)n1. The average molecular weight is 253 g/mol. The molecule has 0 atom stereocenters. The lowest BCUT2D eigenvalue weighted by atomic mass is 10.2. The van der Waals surface area contributed by atoms with Gasteiger partial charge < -0.3 is 10.4 Å². The molecule has 1 heterocycles. The van der Waals surface area contributed by atoms with Crippen LogP contribution in [0.1, 0.15) is 37.1 Å². The maximum absolute atomic E-state index is 11.6. The van der Waals surface area contributed by atoms with Gasteiger partial charge in [-0.05, 0) is 39.2 Å². The second kappa shape index (κ2) is 7.87. The molecule has 0 aliphatic carbocycles. The van der Waals surface area contributed by atoms with Crippen molar-refractivity contribution in [3.05, 3.63) is 17.5 Å². The summed E-state index contributed by atoms with van der Waals surface area (Å²) in [5, 5.41) is 15.8. The Morgan fingerprint density at radius 1 is 1.39 bits per heavy atom. The minimum absolute atomic E-state index is 0.0616. The van der Waals surface area contributed by atoms with Gasteiger partial charge in [-0.15, -0.1) is 0 Å². The molecule has 0 aliphatic heterocycles. The van der Waals surface area contributed by atoms with Gasteiger partial charge in [-0.25, -0.2) is 0 Å². The highest BCUT2D eigenvalue weighted by atomic mass is 16.2. The lowest BCUT2D eigenvalue weighted by molar-refractivity contribution is -0.121. The van der Waals surface area contributed by atoms with Gasteiger partial charge in [0, 0.05) is 31.8 Å². The molecule has 102 valence electrons. The maximum atomic E-state index is 11.6. The van der Waals surface area contributed by atoms with E-state index in [9.17, 15) is 4.79 Å². The zero-order valence-electron chi connectivity index (χ0n) is 11.3. The molecule has 0 bridgehead atoms. The third-order valence-electron chi connectivity index (χ3n) is 2.81. The fourth-order valence-electron chi connectivity index (χ4n) is 1.84. The van der Waals surface area contributed by atoms with Crippen molar-refractivity contribution in [2.45, 2.75) is 46.1 Å². The summed E-state index contributed by atoms with van der Waals surface area (Å²) in [5.74, 6) is 0.0616. The van der Waals surface area contributed by atoms with Crippen LogP contribution in [-0.4, -0.2) is 33.9 Å². The first-order chi connectivity index (χ1) is 8.63. The number of nitrogens with zero attached hydrogens (tertiary/aromatic N) is 2. The number of amides is 1. The lowest BCUT2D eigenvalue weighted by Crippen LogP contribution is -2.25. The van der Waals surface area contributed by atoms with E-state index in [2.05, 4.69) is 10.4 Å². The zero-order chi connectivity index (χ0) is 13.4. The molecule has 0 saturated heterocycles. The van der Waals surface area contributed by atoms with E-state index in [0.29, 0.717) is 19.5 Å². The predicted molar refractivity (Wildman–Crippen MR) is 70.3 cm³/mol. The fraction of sp³-hybridized carbons (Fsp3) is 0.692. The summed E-state index contributed by atoms with van der Waals surface area (Å²) in [7, 11) is 0. The quantitative estimate of drug-likeness (QED) is 0.683. The standard InChI is InChI=1S/C13H23N3O2/c1-11-10-12(2)16(15-11)8-6-13(18)14-7-4-3-5-9-17/h10,17H,3-9H2,1-2H3,(H,14,18). The Morgan fingerprint density at radius 2 is 2.17 bits per heavy atom. The summed E-state index contributed by atoms with van der Waals surface area (Å²) in [6, 6.07) is 2.01. The monoisotopic (exact) mass is 253 g/mol. The van der Waals surface area contributed by atoms with Crippen LogP contribution in [0.2, 0.25) is 0 Å². The Bertz CT molecular complexity index is 374. The van der Waals surface area contributed by atoms with E-state index in [4.69, 9.17) is 5.11 Å². The normalized spacial score (nSPS) is 10.6. The number of aromatic nitrogens is 2. The Morgan fingerprint density at radius 3 is 2.78 bits per heavy atom. The van der Waals surface area contributed by atoms with Gasteiger partial charge >= 0.3 is 0 Å². The van der Waals surface area contributed by atoms with Gasteiger partial charge in [-0.1, -0.05) is 0 Å². The van der Waals surface area contributed by atoms with Crippen LogP contribution in [0.3, 0.4) is 0 Å². The Kier molecular flexibility index (Phi) is 6.43. The van der Waals surface area contributed by atoms with Crippen molar-refractivity contribution < 1.29 is 9.90 Å². The van der Waals surface area contributed by atoms with Crippen molar-refractivity contribution in [3.8, 4) is 0 Å². The van der Waals surface area contributed by atoms with Gasteiger partial charge in [0.15, 0.2) is 0 Å². The molecule has 5 nitrogen and oxygen atoms in total. The Balaban J connectivity index is 2.15. The second-order valence-corrected chi connectivity index (χ2v) is 4.53. The molecule has 18 heavy (non-hydrogen) atoms. The molecule has 1 amide bonds. The van der Waals surface area contributed by atoms with E-state index >= 15 is 0 Å². The number of carbonyl (C=O) groups is 1. The van der Waals surface area contributed by atoms with Crippen molar-refractivity contribution in [2.24, 2.45) is 0 Å². The molecule has 1 rings (SSSR count). The largest absolute Gasteiger partial charge is 0.396 e. The topological polar surface area (TPSA) is 67.2 Å². The molecule has 1 aromatic rings. The number of unbranched alkanes of at least 4 members (excludes halogenated alkanes) is 2. The number of hydrogen-bond donors (Lipinski definition) is 2. The van der Waals surface area contributed by atoms with E-state index in [-0.39, 0.29) is 12.5 Å².